The summed E-state index contributed by atoms with van der Waals surface area (Å²) < 4.78 is 0. The van der Waals surface area contributed by atoms with Gasteiger partial charge in [0.1, 0.15) is 0 Å². The van der Waals surface area contributed by atoms with Crippen LogP contribution >= 0.6 is 0 Å². The fourth-order valence-corrected chi connectivity index (χ4v) is 0.389. The van der Waals surface area contributed by atoms with Crippen molar-refractivity contribution in [3.05, 3.63) is 12.2 Å². The fourth-order valence-electron chi connectivity index (χ4n) is 0.389. The van der Waals surface area contributed by atoms with Crippen molar-refractivity contribution in [3.8, 4) is 0 Å². The van der Waals surface area contributed by atoms with E-state index >= 15 is 0 Å². The average Bonchev–Trinajstić information content (AvgIpc) is 1.80. The topological polar surface area (TPSA) is 24.4 Å². The van der Waals surface area contributed by atoms with Crippen LogP contribution in [0.15, 0.2) is 17.3 Å². The van der Waals surface area contributed by atoms with Gasteiger partial charge < -0.3 is 5.43 Å². The minimum atomic E-state index is 0.605. The summed E-state index contributed by atoms with van der Waals surface area (Å²) in [7, 11) is 1.78. The smallest absolute Gasteiger partial charge is 0.0464 e. The second-order valence-electron chi connectivity index (χ2n) is 2.13. The molecule has 0 aliphatic heterocycles. The van der Waals surface area contributed by atoms with E-state index in [9.17, 15) is 0 Å². The third kappa shape index (κ3) is 7.21. The van der Waals surface area contributed by atoms with Gasteiger partial charge in [0.2, 0.25) is 0 Å². The molecule has 0 aliphatic rings. The highest BCUT2D eigenvalue weighted by Gasteiger charge is 1.78. The summed E-state index contributed by atoms with van der Waals surface area (Å²) in [6, 6.07) is 0. The summed E-state index contributed by atoms with van der Waals surface area (Å²) in [5.41, 5.74) is 2.66. The first-order valence-corrected chi connectivity index (χ1v) is 3.14. The van der Waals surface area contributed by atoms with E-state index < -0.39 is 0 Å². The number of allylic oxidation sites excluding steroid dienone is 2. The lowest BCUT2D eigenvalue weighted by Gasteiger charge is -1.88. The predicted octanol–water partition coefficient (Wildman–Crippen LogP) is 1.40. The van der Waals surface area contributed by atoms with Gasteiger partial charge in [-0.05, 0) is 12.0 Å². The van der Waals surface area contributed by atoms with Gasteiger partial charge in [-0.3, -0.25) is 0 Å². The highest BCUT2D eigenvalue weighted by atomic mass is 15.3. The minimum Gasteiger partial charge on any atom is -0.313 e. The van der Waals surface area contributed by atoms with Crippen LogP contribution in [0.5, 0.6) is 0 Å². The van der Waals surface area contributed by atoms with Gasteiger partial charge in [0.15, 0.2) is 0 Å². The van der Waals surface area contributed by atoms with Crippen LogP contribution in [0.1, 0.15) is 13.8 Å². The van der Waals surface area contributed by atoms with Crippen molar-refractivity contribution in [2.24, 2.45) is 11.0 Å². The Kier molecular flexibility index (Phi) is 4.88. The van der Waals surface area contributed by atoms with E-state index in [0.29, 0.717) is 5.92 Å². The van der Waals surface area contributed by atoms with Crippen molar-refractivity contribution in [2.75, 3.05) is 7.05 Å². The quantitative estimate of drug-likeness (QED) is 0.448. The normalized spacial score (nSPS) is 12.0. The summed E-state index contributed by atoms with van der Waals surface area (Å²) in [6.45, 7) is 4.26. The SMILES string of the molecule is CN/N=C\C=CC(C)C. The van der Waals surface area contributed by atoms with Crippen molar-refractivity contribution in [1.29, 1.82) is 0 Å². The van der Waals surface area contributed by atoms with Crippen LogP contribution in [0.2, 0.25) is 0 Å². The number of hydrogen-bond acceptors (Lipinski definition) is 2. The van der Waals surface area contributed by atoms with E-state index in [4.69, 9.17) is 0 Å². The standard InChI is InChI=1S/C7H14N2/c1-7(2)5-4-6-9-8-3/h4-8H,1-3H3/b5-4?,9-6-. The first kappa shape index (κ1) is 8.21. The minimum absolute atomic E-state index is 0.605. The molecule has 2 nitrogen and oxygen atoms in total. The molecule has 0 rings (SSSR count). The fraction of sp³-hybridized carbons (Fsp3) is 0.571. The Morgan fingerprint density at radius 3 is 2.56 bits per heavy atom. The van der Waals surface area contributed by atoms with Gasteiger partial charge in [0.05, 0.1) is 0 Å². The average molecular weight is 126 g/mol. The summed E-state index contributed by atoms with van der Waals surface area (Å²) >= 11 is 0. The van der Waals surface area contributed by atoms with Crippen molar-refractivity contribution >= 4 is 6.21 Å². The molecular weight excluding hydrogens is 112 g/mol. The van der Waals surface area contributed by atoms with E-state index in [1.807, 2.05) is 6.08 Å². The molecule has 0 fully saturated rings. The van der Waals surface area contributed by atoms with Gasteiger partial charge in [-0.25, -0.2) is 0 Å². The molecule has 0 heterocycles. The van der Waals surface area contributed by atoms with E-state index in [2.05, 4.69) is 30.5 Å². The van der Waals surface area contributed by atoms with Gasteiger partial charge in [0.25, 0.3) is 0 Å². The maximum Gasteiger partial charge on any atom is 0.0464 e. The zero-order chi connectivity index (χ0) is 7.11. The zero-order valence-corrected chi connectivity index (χ0v) is 6.26. The van der Waals surface area contributed by atoms with Crippen molar-refractivity contribution < 1.29 is 0 Å². The number of nitrogens with zero attached hydrogens (tertiary/aromatic N) is 1. The van der Waals surface area contributed by atoms with Crippen molar-refractivity contribution in [2.45, 2.75) is 13.8 Å². The van der Waals surface area contributed by atoms with Gasteiger partial charge in [-0.1, -0.05) is 19.9 Å². The molecule has 0 saturated carbocycles. The third-order valence-corrected chi connectivity index (χ3v) is 0.786. The van der Waals surface area contributed by atoms with Gasteiger partial charge in [-0.2, -0.15) is 5.10 Å². The highest BCUT2D eigenvalue weighted by molar-refractivity contribution is 5.70. The number of hydrazone groups is 1. The maximum atomic E-state index is 3.78. The molecule has 52 valence electrons. The molecule has 0 saturated heterocycles. The maximum absolute atomic E-state index is 3.78. The molecule has 0 bridgehead atoms. The first-order chi connectivity index (χ1) is 4.27. The van der Waals surface area contributed by atoms with E-state index in [1.54, 1.807) is 13.3 Å². The molecular formula is C7H14N2. The van der Waals surface area contributed by atoms with Crippen molar-refractivity contribution in [3.63, 3.8) is 0 Å². The molecule has 0 radical (unpaired) electrons. The molecule has 0 aromatic heterocycles. The highest BCUT2D eigenvalue weighted by Crippen LogP contribution is 1.90. The molecule has 0 spiro atoms. The number of hydrogen-bond donors (Lipinski definition) is 1. The van der Waals surface area contributed by atoms with Crippen LogP contribution in [-0.2, 0) is 0 Å². The zero-order valence-electron chi connectivity index (χ0n) is 6.26. The predicted molar refractivity (Wildman–Crippen MR) is 41.5 cm³/mol. The summed E-state index contributed by atoms with van der Waals surface area (Å²) in [5.74, 6) is 0.605. The van der Waals surface area contributed by atoms with Gasteiger partial charge >= 0.3 is 0 Å². The molecule has 0 amide bonds. The Morgan fingerprint density at radius 1 is 1.44 bits per heavy atom. The van der Waals surface area contributed by atoms with Crippen LogP contribution in [0.3, 0.4) is 0 Å². The van der Waals surface area contributed by atoms with Crippen LogP contribution in [0.25, 0.3) is 0 Å². The van der Waals surface area contributed by atoms with E-state index in [-0.39, 0.29) is 0 Å². The Hall–Kier alpha value is -0.790. The Morgan fingerprint density at radius 2 is 2.11 bits per heavy atom. The molecule has 0 aromatic carbocycles. The molecule has 2 heteroatoms. The number of rotatable bonds is 3. The van der Waals surface area contributed by atoms with Crippen molar-refractivity contribution in [1.82, 2.24) is 5.43 Å². The Bertz CT molecular complexity index is 103. The third-order valence-electron chi connectivity index (χ3n) is 0.786. The Labute approximate surface area is 56.7 Å². The van der Waals surface area contributed by atoms with Crippen LogP contribution in [0, 0.1) is 5.92 Å². The summed E-state index contributed by atoms with van der Waals surface area (Å²) in [6.07, 6.45) is 5.75. The first-order valence-electron chi connectivity index (χ1n) is 3.14. The summed E-state index contributed by atoms with van der Waals surface area (Å²) in [5, 5.41) is 3.78. The second kappa shape index (κ2) is 5.35. The van der Waals surface area contributed by atoms with Crippen LogP contribution < -0.4 is 5.43 Å². The van der Waals surface area contributed by atoms with E-state index in [0.717, 1.165) is 0 Å². The Balaban J connectivity index is 3.35. The lowest BCUT2D eigenvalue weighted by atomic mass is 10.2. The molecule has 9 heavy (non-hydrogen) atoms. The lowest BCUT2D eigenvalue weighted by Crippen LogP contribution is -1.92. The summed E-state index contributed by atoms with van der Waals surface area (Å²) in [4.78, 5) is 0. The largest absolute Gasteiger partial charge is 0.313 e. The molecule has 0 atom stereocenters. The monoisotopic (exact) mass is 126 g/mol. The number of nitrogens with one attached hydrogen (secondary N) is 1. The molecule has 0 aliphatic carbocycles. The lowest BCUT2D eigenvalue weighted by molar-refractivity contribution is 0.832. The van der Waals surface area contributed by atoms with Crippen LogP contribution in [0.4, 0.5) is 0 Å². The van der Waals surface area contributed by atoms with E-state index in [1.165, 1.54) is 0 Å². The molecule has 0 unspecified atom stereocenters. The van der Waals surface area contributed by atoms with Gasteiger partial charge in [0, 0.05) is 13.3 Å². The van der Waals surface area contributed by atoms with Crippen LogP contribution in [-0.4, -0.2) is 13.3 Å². The molecule has 1 N–H and O–H groups in total. The molecule has 0 aromatic rings. The second-order valence-corrected chi connectivity index (χ2v) is 2.13. The van der Waals surface area contributed by atoms with Gasteiger partial charge in [-0.15, -0.1) is 0 Å².